The SMILES string of the molecule is CCOC(=O)c1c(/N=C/c2c3ccccc3cc3ccccc23)sc2c1CCCC2. The van der Waals surface area contributed by atoms with Crippen LogP contribution in [0.3, 0.4) is 0 Å². The Hall–Kier alpha value is -2.98. The molecule has 0 N–H and O–H groups in total. The molecule has 0 aliphatic heterocycles. The van der Waals surface area contributed by atoms with Gasteiger partial charge in [0.05, 0.1) is 12.2 Å². The minimum absolute atomic E-state index is 0.244. The summed E-state index contributed by atoms with van der Waals surface area (Å²) in [6.07, 6.45) is 6.19. The smallest absolute Gasteiger partial charge is 0.341 e. The number of aliphatic imine (C=N–C) groups is 1. The number of ether oxygens (including phenoxy) is 1. The zero-order chi connectivity index (χ0) is 20.5. The predicted octanol–water partition coefficient (Wildman–Crippen LogP) is 6.86. The summed E-state index contributed by atoms with van der Waals surface area (Å²) < 4.78 is 5.38. The van der Waals surface area contributed by atoms with Gasteiger partial charge in [0.25, 0.3) is 0 Å². The lowest BCUT2D eigenvalue weighted by molar-refractivity contribution is 0.0526. The lowest BCUT2D eigenvalue weighted by atomic mass is 9.95. The van der Waals surface area contributed by atoms with Crippen LogP contribution in [0.15, 0.2) is 59.6 Å². The third-order valence-corrected chi connectivity index (χ3v) is 6.96. The van der Waals surface area contributed by atoms with Gasteiger partial charge in [-0.25, -0.2) is 9.79 Å². The number of aryl methyl sites for hydroxylation is 1. The van der Waals surface area contributed by atoms with Gasteiger partial charge in [-0.05, 0) is 65.8 Å². The number of carbonyl (C=O) groups excluding carboxylic acids is 1. The van der Waals surface area contributed by atoms with E-state index in [0.717, 1.165) is 35.4 Å². The monoisotopic (exact) mass is 413 g/mol. The normalized spacial score (nSPS) is 13.8. The Kier molecular flexibility index (Phi) is 5.09. The van der Waals surface area contributed by atoms with E-state index in [1.165, 1.54) is 32.8 Å². The second kappa shape index (κ2) is 8.04. The summed E-state index contributed by atoms with van der Waals surface area (Å²) in [6, 6.07) is 19.0. The van der Waals surface area contributed by atoms with Crippen LogP contribution in [0.4, 0.5) is 5.00 Å². The van der Waals surface area contributed by atoms with Crippen LogP contribution in [0.1, 0.15) is 46.1 Å². The molecule has 0 saturated heterocycles. The fraction of sp³-hybridized carbons (Fsp3) is 0.231. The molecule has 1 heterocycles. The Morgan fingerprint density at radius 2 is 1.70 bits per heavy atom. The second-order valence-electron chi connectivity index (χ2n) is 7.60. The molecule has 1 aliphatic rings. The first-order chi connectivity index (χ1) is 14.8. The maximum atomic E-state index is 12.7. The molecule has 0 saturated carbocycles. The van der Waals surface area contributed by atoms with Crippen LogP contribution in [0.25, 0.3) is 21.5 Å². The predicted molar refractivity (Wildman–Crippen MR) is 126 cm³/mol. The van der Waals surface area contributed by atoms with E-state index in [2.05, 4.69) is 54.6 Å². The molecule has 3 nitrogen and oxygen atoms in total. The largest absolute Gasteiger partial charge is 0.462 e. The van der Waals surface area contributed by atoms with Crippen molar-refractivity contribution < 1.29 is 9.53 Å². The molecule has 1 aliphatic carbocycles. The molecule has 0 fully saturated rings. The van der Waals surface area contributed by atoms with Gasteiger partial charge in [0.2, 0.25) is 0 Å². The average Bonchev–Trinajstić information content (AvgIpc) is 3.15. The Morgan fingerprint density at radius 3 is 2.40 bits per heavy atom. The molecule has 0 spiro atoms. The summed E-state index contributed by atoms with van der Waals surface area (Å²) in [5.41, 5.74) is 2.92. The molecule has 5 rings (SSSR count). The zero-order valence-electron chi connectivity index (χ0n) is 17.0. The zero-order valence-corrected chi connectivity index (χ0v) is 17.8. The number of hydrogen-bond donors (Lipinski definition) is 0. The quantitative estimate of drug-likeness (QED) is 0.208. The maximum Gasteiger partial charge on any atom is 0.341 e. The molecule has 3 aromatic carbocycles. The Bertz CT molecular complexity index is 1230. The van der Waals surface area contributed by atoms with Gasteiger partial charge in [-0.1, -0.05) is 48.5 Å². The maximum absolute atomic E-state index is 12.7. The van der Waals surface area contributed by atoms with Gasteiger partial charge in [0.1, 0.15) is 5.00 Å². The van der Waals surface area contributed by atoms with Crippen LogP contribution in [-0.2, 0) is 17.6 Å². The van der Waals surface area contributed by atoms with Crippen molar-refractivity contribution in [2.24, 2.45) is 4.99 Å². The Labute approximate surface area is 180 Å². The highest BCUT2D eigenvalue weighted by molar-refractivity contribution is 7.16. The molecule has 150 valence electrons. The van der Waals surface area contributed by atoms with Crippen molar-refractivity contribution in [3.05, 3.63) is 76.2 Å². The number of fused-ring (bicyclic) bond motifs is 3. The van der Waals surface area contributed by atoms with Gasteiger partial charge in [-0.3, -0.25) is 0 Å². The highest BCUT2D eigenvalue weighted by Crippen LogP contribution is 2.40. The van der Waals surface area contributed by atoms with Crippen molar-refractivity contribution in [3.63, 3.8) is 0 Å². The van der Waals surface area contributed by atoms with E-state index in [1.807, 2.05) is 13.1 Å². The average molecular weight is 414 g/mol. The minimum Gasteiger partial charge on any atom is -0.462 e. The van der Waals surface area contributed by atoms with E-state index in [1.54, 1.807) is 11.3 Å². The minimum atomic E-state index is -0.244. The van der Waals surface area contributed by atoms with Gasteiger partial charge in [-0.15, -0.1) is 11.3 Å². The molecule has 4 heteroatoms. The molecular formula is C26H23NO2S. The summed E-state index contributed by atoms with van der Waals surface area (Å²) >= 11 is 1.65. The van der Waals surface area contributed by atoms with E-state index in [9.17, 15) is 4.79 Å². The molecule has 4 aromatic rings. The summed E-state index contributed by atoms with van der Waals surface area (Å²) in [5, 5.41) is 5.48. The highest BCUT2D eigenvalue weighted by Gasteiger charge is 2.26. The molecule has 0 radical (unpaired) electrons. The topological polar surface area (TPSA) is 38.7 Å². The van der Waals surface area contributed by atoms with Crippen molar-refractivity contribution in [3.8, 4) is 0 Å². The fourth-order valence-corrected chi connectivity index (χ4v) is 5.59. The molecule has 0 amide bonds. The van der Waals surface area contributed by atoms with Crippen molar-refractivity contribution in [2.75, 3.05) is 6.61 Å². The third-order valence-electron chi connectivity index (χ3n) is 5.76. The van der Waals surface area contributed by atoms with Gasteiger partial charge in [-0.2, -0.15) is 0 Å². The van der Waals surface area contributed by atoms with Gasteiger partial charge >= 0.3 is 5.97 Å². The molecule has 0 atom stereocenters. The van der Waals surface area contributed by atoms with Gasteiger partial charge < -0.3 is 4.74 Å². The van der Waals surface area contributed by atoms with Crippen molar-refractivity contribution >= 4 is 50.1 Å². The van der Waals surface area contributed by atoms with Crippen LogP contribution in [0, 0.1) is 0 Å². The Balaban J connectivity index is 1.68. The molecule has 1 aromatic heterocycles. The first kappa shape index (κ1) is 19.0. The molecular weight excluding hydrogens is 390 g/mol. The molecule has 30 heavy (non-hydrogen) atoms. The van der Waals surface area contributed by atoms with Crippen molar-refractivity contribution in [2.45, 2.75) is 32.6 Å². The summed E-state index contributed by atoms with van der Waals surface area (Å²) in [7, 11) is 0. The van der Waals surface area contributed by atoms with E-state index in [4.69, 9.17) is 9.73 Å². The highest BCUT2D eigenvalue weighted by atomic mass is 32.1. The first-order valence-electron chi connectivity index (χ1n) is 10.5. The van der Waals surface area contributed by atoms with E-state index >= 15 is 0 Å². The van der Waals surface area contributed by atoms with Crippen LogP contribution in [0.5, 0.6) is 0 Å². The second-order valence-corrected chi connectivity index (χ2v) is 8.69. The van der Waals surface area contributed by atoms with Crippen molar-refractivity contribution in [1.82, 2.24) is 0 Å². The number of benzene rings is 3. The lowest BCUT2D eigenvalue weighted by Crippen LogP contribution is -2.09. The number of rotatable bonds is 4. The van der Waals surface area contributed by atoms with E-state index < -0.39 is 0 Å². The number of hydrogen-bond acceptors (Lipinski definition) is 4. The summed E-state index contributed by atoms with van der Waals surface area (Å²) in [5.74, 6) is -0.244. The van der Waals surface area contributed by atoms with Crippen LogP contribution < -0.4 is 0 Å². The van der Waals surface area contributed by atoms with E-state index in [-0.39, 0.29) is 5.97 Å². The number of esters is 1. The standard InChI is InChI=1S/C26H23NO2S/c1-2-29-26(28)24-21-13-7-8-14-23(21)30-25(24)27-16-22-19-11-5-3-9-17(19)15-18-10-4-6-12-20(18)22/h3-6,9-12,15-16H,2,7-8,13-14H2,1H3/b27-16+. The van der Waals surface area contributed by atoms with Gasteiger partial charge in [0.15, 0.2) is 0 Å². The lowest BCUT2D eigenvalue weighted by Gasteiger charge is -2.11. The number of carbonyl (C=O) groups is 1. The van der Waals surface area contributed by atoms with Crippen LogP contribution in [-0.4, -0.2) is 18.8 Å². The van der Waals surface area contributed by atoms with Gasteiger partial charge in [0, 0.05) is 16.7 Å². The summed E-state index contributed by atoms with van der Waals surface area (Å²) in [4.78, 5) is 18.9. The molecule has 0 unspecified atom stereocenters. The van der Waals surface area contributed by atoms with Crippen LogP contribution >= 0.6 is 11.3 Å². The van der Waals surface area contributed by atoms with Crippen molar-refractivity contribution in [1.29, 1.82) is 0 Å². The molecule has 0 bridgehead atoms. The van der Waals surface area contributed by atoms with Crippen LogP contribution in [0.2, 0.25) is 0 Å². The number of nitrogens with zero attached hydrogens (tertiary/aromatic N) is 1. The Morgan fingerprint density at radius 1 is 1.03 bits per heavy atom. The fourth-order valence-electron chi connectivity index (χ4n) is 4.37. The number of thiophene rings is 1. The van der Waals surface area contributed by atoms with E-state index in [0.29, 0.717) is 12.2 Å². The third kappa shape index (κ3) is 3.31. The first-order valence-corrected chi connectivity index (χ1v) is 11.3. The summed E-state index contributed by atoms with van der Waals surface area (Å²) in [6.45, 7) is 2.22.